The molecule has 24 heavy (non-hydrogen) atoms. The molecule has 1 aliphatic rings. The van der Waals surface area contributed by atoms with Gasteiger partial charge in [0.2, 0.25) is 0 Å². The summed E-state index contributed by atoms with van der Waals surface area (Å²) in [6.45, 7) is 13.0. The summed E-state index contributed by atoms with van der Waals surface area (Å²) in [4.78, 5) is 12.9. The van der Waals surface area contributed by atoms with Crippen LogP contribution in [0.5, 0.6) is 0 Å². The van der Waals surface area contributed by atoms with Gasteiger partial charge in [-0.1, -0.05) is 6.42 Å². The largest absolute Gasteiger partial charge is 0.356 e. The number of aromatic nitrogens is 1. The minimum atomic E-state index is 0.154. The van der Waals surface area contributed by atoms with Crippen LogP contribution in [-0.4, -0.2) is 54.6 Å². The number of hydrogen-bond acceptors (Lipinski definition) is 4. The van der Waals surface area contributed by atoms with Gasteiger partial charge in [-0.3, -0.25) is 9.89 Å². The Balaban J connectivity index is 1.75. The van der Waals surface area contributed by atoms with E-state index in [1.165, 1.54) is 42.2 Å². The molecule has 1 fully saturated rings. The lowest BCUT2D eigenvalue weighted by atomic mass is 9.98. The highest BCUT2D eigenvalue weighted by Gasteiger charge is 2.27. The molecule has 1 aromatic rings. The molecule has 0 aliphatic carbocycles. The van der Waals surface area contributed by atoms with Crippen LogP contribution in [0.2, 0.25) is 0 Å². The first-order valence-corrected chi connectivity index (χ1v) is 9.86. The molecule has 0 spiro atoms. The number of nitrogens with zero attached hydrogens (tertiary/aromatic N) is 3. The molecule has 0 bridgehead atoms. The lowest BCUT2D eigenvalue weighted by Crippen LogP contribution is -2.55. The van der Waals surface area contributed by atoms with Crippen molar-refractivity contribution in [3.8, 4) is 0 Å². The van der Waals surface area contributed by atoms with Crippen LogP contribution < -0.4 is 10.6 Å². The molecule has 6 heteroatoms. The lowest BCUT2D eigenvalue weighted by molar-refractivity contribution is 0.0982. The van der Waals surface area contributed by atoms with Crippen LogP contribution in [0.15, 0.2) is 4.99 Å². The minimum Gasteiger partial charge on any atom is -0.356 e. The molecule has 2 rings (SSSR count). The van der Waals surface area contributed by atoms with Crippen molar-refractivity contribution in [1.29, 1.82) is 0 Å². The van der Waals surface area contributed by atoms with E-state index in [0.717, 1.165) is 31.2 Å². The van der Waals surface area contributed by atoms with Gasteiger partial charge in [0.25, 0.3) is 0 Å². The van der Waals surface area contributed by atoms with E-state index in [-0.39, 0.29) is 5.54 Å². The topological polar surface area (TPSA) is 52.6 Å². The van der Waals surface area contributed by atoms with Gasteiger partial charge in [0, 0.05) is 37.0 Å². The third-order valence-electron chi connectivity index (χ3n) is 4.83. The van der Waals surface area contributed by atoms with Crippen LogP contribution >= 0.6 is 11.3 Å². The number of guanidine groups is 1. The second-order valence-electron chi connectivity index (χ2n) is 7.21. The number of piperidine rings is 1. The fourth-order valence-electron chi connectivity index (χ4n) is 3.07. The van der Waals surface area contributed by atoms with Gasteiger partial charge >= 0.3 is 0 Å². The summed E-state index contributed by atoms with van der Waals surface area (Å²) in [5.41, 5.74) is 1.31. The van der Waals surface area contributed by atoms with Crippen molar-refractivity contribution in [3.05, 3.63) is 15.6 Å². The van der Waals surface area contributed by atoms with Gasteiger partial charge in [0.1, 0.15) is 0 Å². The highest BCUT2D eigenvalue weighted by atomic mass is 32.1. The maximum Gasteiger partial charge on any atom is 0.191 e. The van der Waals surface area contributed by atoms with Crippen molar-refractivity contribution < 1.29 is 0 Å². The molecule has 2 N–H and O–H groups in total. The Morgan fingerprint density at radius 1 is 1.21 bits per heavy atom. The summed E-state index contributed by atoms with van der Waals surface area (Å²) < 4.78 is 0. The Hall–Kier alpha value is -1.14. The Kier molecular flexibility index (Phi) is 7.04. The van der Waals surface area contributed by atoms with E-state index in [2.05, 4.69) is 53.2 Å². The first-order chi connectivity index (χ1) is 11.4. The summed E-state index contributed by atoms with van der Waals surface area (Å²) in [5, 5.41) is 8.10. The molecule has 0 radical (unpaired) electrons. The molecule has 136 valence electrons. The first-order valence-electron chi connectivity index (χ1n) is 9.05. The van der Waals surface area contributed by atoms with Gasteiger partial charge in [0.05, 0.1) is 10.7 Å². The Morgan fingerprint density at radius 3 is 2.50 bits per heavy atom. The fourth-order valence-corrected chi connectivity index (χ4v) is 4.00. The zero-order valence-corrected chi connectivity index (χ0v) is 16.7. The lowest BCUT2D eigenvalue weighted by Gasteiger charge is -2.41. The molecule has 1 aromatic heterocycles. The van der Waals surface area contributed by atoms with Crippen LogP contribution in [-0.2, 0) is 6.42 Å². The molecule has 5 nitrogen and oxygen atoms in total. The third kappa shape index (κ3) is 5.45. The van der Waals surface area contributed by atoms with Gasteiger partial charge in [-0.15, -0.1) is 11.3 Å². The van der Waals surface area contributed by atoms with Crippen molar-refractivity contribution in [2.75, 3.05) is 33.2 Å². The van der Waals surface area contributed by atoms with Crippen molar-refractivity contribution in [1.82, 2.24) is 20.5 Å². The summed E-state index contributed by atoms with van der Waals surface area (Å²) in [5.74, 6) is 0.880. The normalized spacial score (nSPS) is 17.1. The number of rotatable bonds is 6. The van der Waals surface area contributed by atoms with E-state index in [9.17, 15) is 0 Å². The SMILES string of the molecule is CN=C(NCCc1nc(C)c(C)s1)NCC(C)(C)N1CCCCC1. The number of aliphatic imine (C=N–C) groups is 1. The fraction of sp³-hybridized carbons (Fsp3) is 0.778. The highest BCUT2D eigenvalue weighted by molar-refractivity contribution is 7.11. The van der Waals surface area contributed by atoms with Gasteiger partial charge < -0.3 is 10.6 Å². The number of aryl methyl sites for hydroxylation is 2. The predicted molar refractivity (Wildman–Crippen MR) is 104 cm³/mol. The number of hydrogen-bond donors (Lipinski definition) is 2. The third-order valence-corrected chi connectivity index (χ3v) is 5.96. The zero-order chi connectivity index (χ0) is 17.6. The Morgan fingerprint density at radius 2 is 1.92 bits per heavy atom. The zero-order valence-electron chi connectivity index (χ0n) is 15.9. The molecule has 0 saturated carbocycles. The van der Waals surface area contributed by atoms with E-state index in [1.54, 1.807) is 11.3 Å². The molecule has 0 unspecified atom stereocenters. The average Bonchev–Trinajstić information content (AvgIpc) is 2.89. The summed E-state index contributed by atoms with van der Waals surface area (Å²) >= 11 is 1.79. The second-order valence-corrected chi connectivity index (χ2v) is 8.50. The summed E-state index contributed by atoms with van der Waals surface area (Å²) in [7, 11) is 1.83. The molecule has 0 atom stereocenters. The van der Waals surface area contributed by atoms with Crippen LogP contribution in [0, 0.1) is 13.8 Å². The van der Waals surface area contributed by atoms with Gasteiger partial charge in [-0.2, -0.15) is 0 Å². The smallest absolute Gasteiger partial charge is 0.191 e. The van der Waals surface area contributed by atoms with Crippen LogP contribution in [0.1, 0.15) is 48.7 Å². The van der Waals surface area contributed by atoms with Crippen LogP contribution in [0.3, 0.4) is 0 Å². The molecule has 0 amide bonds. The molecule has 2 heterocycles. The van der Waals surface area contributed by atoms with E-state index in [1.807, 2.05) is 7.05 Å². The monoisotopic (exact) mass is 351 g/mol. The van der Waals surface area contributed by atoms with Crippen LogP contribution in [0.4, 0.5) is 0 Å². The number of thiazole rings is 1. The highest BCUT2D eigenvalue weighted by Crippen LogP contribution is 2.19. The van der Waals surface area contributed by atoms with E-state index < -0.39 is 0 Å². The van der Waals surface area contributed by atoms with Crippen LogP contribution in [0.25, 0.3) is 0 Å². The predicted octanol–water partition coefficient (Wildman–Crippen LogP) is 2.73. The maximum atomic E-state index is 4.59. The quantitative estimate of drug-likeness (QED) is 0.611. The van der Waals surface area contributed by atoms with Crippen molar-refractivity contribution in [2.24, 2.45) is 4.99 Å². The van der Waals surface area contributed by atoms with Gasteiger partial charge in [0.15, 0.2) is 5.96 Å². The molecular formula is C18H33N5S. The number of nitrogens with one attached hydrogen (secondary N) is 2. The average molecular weight is 352 g/mol. The van der Waals surface area contributed by atoms with Gasteiger partial charge in [-0.05, 0) is 53.6 Å². The van der Waals surface area contributed by atoms with Crippen molar-refractivity contribution >= 4 is 17.3 Å². The van der Waals surface area contributed by atoms with E-state index in [0.29, 0.717) is 0 Å². The second kappa shape index (κ2) is 8.81. The standard InChI is InChI=1S/C18H33N5S/c1-14-15(2)24-16(22-14)9-10-20-17(19-5)21-13-18(3,4)23-11-7-6-8-12-23/h6-13H2,1-5H3,(H2,19,20,21). The van der Waals surface area contributed by atoms with E-state index >= 15 is 0 Å². The maximum absolute atomic E-state index is 4.59. The summed E-state index contributed by atoms with van der Waals surface area (Å²) in [6.07, 6.45) is 4.96. The van der Waals surface area contributed by atoms with Crippen molar-refractivity contribution in [3.63, 3.8) is 0 Å². The molecular weight excluding hydrogens is 318 g/mol. The Bertz CT molecular complexity index is 524. The van der Waals surface area contributed by atoms with Crippen molar-refractivity contribution in [2.45, 2.75) is 58.9 Å². The molecule has 0 aromatic carbocycles. The molecule has 1 saturated heterocycles. The Labute approximate surface area is 151 Å². The van der Waals surface area contributed by atoms with Gasteiger partial charge in [-0.25, -0.2) is 4.98 Å². The number of likely N-dealkylation sites (tertiary alicyclic amines) is 1. The summed E-state index contributed by atoms with van der Waals surface area (Å²) in [6, 6.07) is 0. The molecule has 1 aliphatic heterocycles. The van der Waals surface area contributed by atoms with E-state index in [4.69, 9.17) is 0 Å². The minimum absolute atomic E-state index is 0.154. The first kappa shape index (κ1) is 19.2.